The van der Waals surface area contributed by atoms with Crippen molar-refractivity contribution in [2.24, 2.45) is 12.5 Å². The second kappa shape index (κ2) is 6.00. The first-order valence-electron chi connectivity index (χ1n) is 8.22. The number of nitrogens with zero attached hydrogens (tertiary/aromatic N) is 3. The maximum atomic E-state index is 13.3. The molecule has 3 rings (SSSR count). The van der Waals surface area contributed by atoms with Crippen LogP contribution < -0.4 is 5.69 Å². The quantitative estimate of drug-likeness (QED) is 0.674. The second-order valence-corrected chi connectivity index (χ2v) is 7.57. The van der Waals surface area contributed by atoms with Crippen LogP contribution in [0, 0.1) is 5.41 Å². The average Bonchev–Trinajstić information content (AvgIpc) is 2.77. The Labute approximate surface area is 148 Å². The van der Waals surface area contributed by atoms with E-state index in [1.54, 1.807) is 23.7 Å². The number of rotatable bonds is 2. The molecule has 0 amide bonds. The molecule has 2 heterocycles. The lowest BCUT2D eigenvalue weighted by Crippen LogP contribution is -2.27. The maximum absolute atomic E-state index is 13.3. The summed E-state index contributed by atoms with van der Waals surface area (Å²) in [5.74, 6) is 0. The van der Waals surface area contributed by atoms with Gasteiger partial charge in [-0.05, 0) is 23.6 Å². The van der Waals surface area contributed by atoms with E-state index in [2.05, 4.69) is 4.98 Å². The van der Waals surface area contributed by atoms with Crippen molar-refractivity contribution in [1.29, 1.82) is 0 Å². The molecule has 0 saturated heterocycles. The van der Waals surface area contributed by atoms with Gasteiger partial charge in [-0.2, -0.15) is 13.2 Å². The Morgan fingerprint density at radius 3 is 2.31 bits per heavy atom. The minimum atomic E-state index is -4.47. The van der Waals surface area contributed by atoms with Gasteiger partial charge < -0.3 is 0 Å². The monoisotopic (exact) mass is 363 g/mol. The number of hydrogen-bond acceptors (Lipinski definition) is 2. The number of imidazole rings is 1. The van der Waals surface area contributed by atoms with Crippen LogP contribution >= 0.6 is 0 Å². The molecular weight excluding hydrogens is 343 g/mol. The normalized spacial score (nSPS) is 12.7. The first-order valence-corrected chi connectivity index (χ1v) is 8.22. The van der Waals surface area contributed by atoms with E-state index in [-0.39, 0.29) is 22.4 Å². The first-order chi connectivity index (χ1) is 12.0. The molecule has 0 saturated carbocycles. The van der Waals surface area contributed by atoms with Gasteiger partial charge in [0.05, 0.1) is 16.8 Å². The van der Waals surface area contributed by atoms with Crippen molar-refractivity contribution in [3.05, 3.63) is 52.4 Å². The predicted octanol–water partition coefficient (Wildman–Crippen LogP) is 4.47. The highest BCUT2D eigenvalue weighted by Gasteiger charge is 2.33. The fraction of sp³-hybridized carbons (Fsp3) is 0.368. The van der Waals surface area contributed by atoms with Crippen molar-refractivity contribution in [3.8, 4) is 11.3 Å². The van der Waals surface area contributed by atoms with Crippen molar-refractivity contribution in [1.82, 2.24) is 14.1 Å². The van der Waals surface area contributed by atoms with Crippen LogP contribution in [0.3, 0.4) is 0 Å². The summed E-state index contributed by atoms with van der Waals surface area (Å²) in [5.41, 5.74) is 0.0653. The summed E-state index contributed by atoms with van der Waals surface area (Å²) in [6.45, 7) is 6.53. The zero-order chi connectivity index (χ0) is 19.3. The van der Waals surface area contributed by atoms with Crippen molar-refractivity contribution >= 4 is 11.2 Å². The van der Waals surface area contributed by atoms with Crippen LogP contribution in [-0.4, -0.2) is 14.1 Å². The number of aryl methyl sites for hydroxylation is 1. The number of halogens is 3. The molecule has 0 N–H and O–H groups in total. The van der Waals surface area contributed by atoms with Crippen LogP contribution in [0.4, 0.5) is 13.2 Å². The summed E-state index contributed by atoms with van der Waals surface area (Å²) >= 11 is 0. The Bertz CT molecular complexity index is 1020. The zero-order valence-corrected chi connectivity index (χ0v) is 15.1. The Morgan fingerprint density at radius 2 is 1.69 bits per heavy atom. The smallest absolute Gasteiger partial charge is 0.290 e. The number of pyridine rings is 1. The van der Waals surface area contributed by atoms with Crippen LogP contribution in [0.1, 0.15) is 26.3 Å². The molecular formula is C19H20F3N3O. The van der Waals surface area contributed by atoms with Gasteiger partial charge in [0.15, 0.2) is 5.65 Å². The third-order valence-corrected chi connectivity index (χ3v) is 4.12. The Morgan fingerprint density at radius 1 is 1.04 bits per heavy atom. The Balaban J connectivity index is 2.22. The highest BCUT2D eigenvalue weighted by Crippen LogP contribution is 2.36. The summed E-state index contributed by atoms with van der Waals surface area (Å²) in [5, 5.41) is 0. The van der Waals surface area contributed by atoms with Gasteiger partial charge in [-0.25, -0.2) is 9.78 Å². The molecule has 1 aromatic carbocycles. The molecule has 138 valence electrons. The standard InChI is InChI=1S/C19H20F3N3O/c1-18(2,3)11-25-15-10-9-14(23-16(15)24(4)17(25)26)12-7-5-6-8-13(12)19(20,21)22/h5-10H,11H2,1-4H3. The molecule has 4 nitrogen and oxygen atoms in total. The lowest BCUT2D eigenvalue weighted by atomic mass is 9.97. The number of aromatic nitrogens is 3. The summed E-state index contributed by atoms with van der Waals surface area (Å²) < 4.78 is 42.9. The van der Waals surface area contributed by atoms with Gasteiger partial charge in [-0.1, -0.05) is 39.0 Å². The maximum Gasteiger partial charge on any atom is 0.417 e. The van der Waals surface area contributed by atoms with E-state index in [4.69, 9.17) is 0 Å². The predicted molar refractivity (Wildman–Crippen MR) is 94.9 cm³/mol. The van der Waals surface area contributed by atoms with E-state index in [1.807, 2.05) is 20.8 Å². The van der Waals surface area contributed by atoms with Gasteiger partial charge >= 0.3 is 11.9 Å². The summed E-state index contributed by atoms with van der Waals surface area (Å²) in [6.07, 6.45) is -4.47. The van der Waals surface area contributed by atoms with Crippen LogP contribution in [0.2, 0.25) is 0 Å². The largest absolute Gasteiger partial charge is 0.417 e. The number of alkyl halides is 3. The van der Waals surface area contributed by atoms with Crippen molar-refractivity contribution in [3.63, 3.8) is 0 Å². The summed E-state index contributed by atoms with van der Waals surface area (Å²) in [4.78, 5) is 16.9. The highest BCUT2D eigenvalue weighted by atomic mass is 19.4. The molecule has 0 aliphatic rings. The van der Waals surface area contributed by atoms with Gasteiger partial charge in [0.2, 0.25) is 0 Å². The van der Waals surface area contributed by atoms with E-state index in [0.29, 0.717) is 17.7 Å². The second-order valence-electron chi connectivity index (χ2n) is 7.57. The average molecular weight is 363 g/mol. The molecule has 0 atom stereocenters. The van der Waals surface area contributed by atoms with E-state index >= 15 is 0 Å². The van der Waals surface area contributed by atoms with Crippen molar-refractivity contribution in [2.45, 2.75) is 33.5 Å². The van der Waals surface area contributed by atoms with E-state index < -0.39 is 11.7 Å². The van der Waals surface area contributed by atoms with Gasteiger partial charge in [-0.15, -0.1) is 0 Å². The molecule has 0 aliphatic heterocycles. The zero-order valence-electron chi connectivity index (χ0n) is 15.1. The van der Waals surface area contributed by atoms with Crippen LogP contribution in [0.15, 0.2) is 41.2 Å². The molecule has 0 radical (unpaired) electrons. The summed E-state index contributed by atoms with van der Waals surface area (Å²) in [6, 6.07) is 8.51. The first kappa shape index (κ1) is 18.2. The van der Waals surface area contributed by atoms with E-state index in [9.17, 15) is 18.0 Å². The fourth-order valence-electron chi connectivity index (χ4n) is 3.00. The molecule has 0 bridgehead atoms. The Kier molecular flexibility index (Phi) is 4.21. The number of fused-ring (bicyclic) bond motifs is 1. The molecule has 0 fully saturated rings. The number of benzene rings is 1. The van der Waals surface area contributed by atoms with Gasteiger partial charge in [0, 0.05) is 19.2 Å². The molecule has 0 aliphatic carbocycles. The van der Waals surface area contributed by atoms with Crippen molar-refractivity contribution in [2.75, 3.05) is 0 Å². The molecule has 2 aromatic heterocycles. The Hall–Kier alpha value is -2.57. The molecule has 3 aromatic rings. The minimum Gasteiger partial charge on any atom is -0.290 e. The van der Waals surface area contributed by atoms with Gasteiger partial charge in [0.1, 0.15) is 0 Å². The van der Waals surface area contributed by atoms with Crippen molar-refractivity contribution < 1.29 is 13.2 Å². The van der Waals surface area contributed by atoms with E-state index in [0.717, 1.165) is 6.07 Å². The third kappa shape index (κ3) is 3.25. The molecule has 7 heteroatoms. The fourth-order valence-corrected chi connectivity index (χ4v) is 3.00. The summed E-state index contributed by atoms with van der Waals surface area (Å²) in [7, 11) is 1.58. The molecule has 0 unspecified atom stereocenters. The SMILES string of the molecule is Cn1c(=O)n(CC(C)(C)C)c2ccc(-c3ccccc3C(F)(F)F)nc21. The minimum absolute atomic E-state index is 0.00193. The number of hydrogen-bond donors (Lipinski definition) is 0. The topological polar surface area (TPSA) is 39.8 Å². The van der Waals surface area contributed by atoms with Crippen LogP contribution in [-0.2, 0) is 19.8 Å². The van der Waals surface area contributed by atoms with Crippen LogP contribution in [0.25, 0.3) is 22.4 Å². The van der Waals surface area contributed by atoms with Gasteiger partial charge in [-0.3, -0.25) is 9.13 Å². The van der Waals surface area contributed by atoms with Crippen LogP contribution in [0.5, 0.6) is 0 Å². The molecule has 0 spiro atoms. The third-order valence-electron chi connectivity index (χ3n) is 4.12. The van der Waals surface area contributed by atoms with E-state index in [1.165, 1.54) is 22.8 Å². The highest BCUT2D eigenvalue weighted by molar-refractivity contribution is 5.77. The van der Waals surface area contributed by atoms with Gasteiger partial charge in [0.25, 0.3) is 0 Å². The lowest BCUT2D eigenvalue weighted by Gasteiger charge is -2.18. The molecule has 26 heavy (non-hydrogen) atoms. The lowest BCUT2D eigenvalue weighted by molar-refractivity contribution is -0.137.